The molecule has 108 valence electrons. The SMILES string of the molecule is CCc1ccc2nc(NC(=O)CSc3cccs3)sc2c1. The molecular formula is C15H14N2OS3. The summed E-state index contributed by atoms with van der Waals surface area (Å²) in [4.78, 5) is 16.4. The van der Waals surface area contributed by atoms with Gasteiger partial charge < -0.3 is 5.32 Å². The van der Waals surface area contributed by atoms with E-state index in [0.717, 1.165) is 20.8 Å². The molecule has 3 nitrogen and oxygen atoms in total. The molecule has 21 heavy (non-hydrogen) atoms. The van der Waals surface area contributed by atoms with Crippen molar-refractivity contribution in [3.63, 3.8) is 0 Å². The first-order valence-corrected chi connectivity index (χ1v) is 9.28. The van der Waals surface area contributed by atoms with Gasteiger partial charge in [-0.3, -0.25) is 4.79 Å². The number of carbonyl (C=O) groups is 1. The number of thioether (sulfide) groups is 1. The zero-order chi connectivity index (χ0) is 14.7. The number of rotatable bonds is 5. The van der Waals surface area contributed by atoms with E-state index < -0.39 is 0 Å². The molecule has 0 aliphatic rings. The van der Waals surface area contributed by atoms with Gasteiger partial charge in [0.25, 0.3) is 0 Å². The molecule has 0 fully saturated rings. The Morgan fingerprint density at radius 2 is 2.29 bits per heavy atom. The number of hydrogen-bond acceptors (Lipinski definition) is 5. The van der Waals surface area contributed by atoms with Gasteiger partial charge in [-0.05, 0) is 35.6 Å². The van der Waals surface area contributed by atoms with E-state index in [2.05, 4.69) is 29.4 Å². The van der Waals surface area contributed by atoms with E-state index in [-0.39, 0.29) is 5.91 Å². The van der Waals surface area contributed by atoms with Crippen LogP contribution in [0.15, 0.2) is 39.9 Å². The second-order valence-electron chi connectivity index (χ2n) is 4.44. The Hall–Kier alpha value is -1.37. The summed E-state index contributed by atoms with van der Waals surface area (Å²) >= 11 is 4.73. The Morgan fingerprint density at radius 1 is 1.38 bits per heavy atom. The van der Waals surface area contributed by atoms with Crippen LogP contribution in [0.1, 0.15) is 12.5 Å². The van der Waals surface area contributed by atoms with Crippen molar-refractivity contribution in [2.75, 3.05) is 11.1 Å². The van der Waals surface area contributed by atoms with Crippen molar-refractivity contribution in [2.45, 2.75) is 17.6 Å². The molecule has 6 heteroatoms. The van der Waals surface area contributed by atoms with E-state index >= 15 is 0 Å². The number of aromatic nitrogens is 1. The minimum atomic E-state index is -0.0110. The number of benzene rings is 1. The molecule has 2 heterocycles. The molecule has 0 unspecified atom stereocenters. The lowest BCUT2D eigenvalue weighted by Crippen LogP contribution is -2.13. The van der Waals surface area contributed by atoms with Gasteiger partial charge in [0, 0.05) is 0 Å². The molecular weight excluding hydrogens is 320 g/mol. The summed E-state index contributed by atoms with van der Waals surface area (Å²) in [6.45, 7) is 2.13. The Morgan fingerprint density at radius 3 is 3.05 bits per heavy atom. The van der Waals surface area contributed by atoms with Gasteiger partial charge >= 0.3 is 0 Å². The topological polar surface area (TPSA) is 42.0 Å². The predicted molar refractivity (Wildman–Crippen MR) is 92.7 cm³/mol. The van der Waals surface area contributed by atoms with Gasteiger partial charge in [-0.25, -0.2) is 4.98 Å². The number of amides is 1. The largest absolute Gasteiger partial charge is 0.301 e. The third-order valence-electron chi connectivity index (χ3n) is 2.95. The van der Waals surface area contributed by atoms with Crippen molar-refractivity contribution in [1.29, 1.82) is 0 Å². The summed E-state index contributed by atoms with van der Waals surface area (Å²) in [6, 6.07) is 10.3. The first kappa shape index (κ1) is 14.6. The smallest absolute Gasteiger partial charge is 0.236 e. The normalized spacial score (nSPS) is 10.9. The van der Waals surface area contributed by atoms with E-state index in [4.69, 9.17) is 0 Å². The van der Waals surface area contributed by atoms with E-state index in [9.17, 15) is 4.79 Å². The number of aryl methyl sites for hydroxylation is 1. The Kier molecular flexibility index (Phi) is 4.57. The molecule has 2 aromatic heterocycles. The molecule has 0 saturated heterocycles. The molecule has 0 aliphatic carbocycles. The summed E-state index contributed by atoms with van der Waals surface area (Å²) < 4.78 is 2.28. The van der Waals surface area contributed by atoms with E-state index in [0.29, 0.717) is 10.9 Å². The van der Waals surface area contributed by atoms with Crippen LogP contribution in [0.4, 0.5) is 5.13 Å². The molecule has 0 saturated carbocycles. The molecule has 0 atom stereocenters. The number of carbonyl (C=O) groups excluding carboxylic acids is 1. The number of nitrogens with zero attached hydrogens (tertiary/aromatic N) is 1. The van der Waals surface area contributed by atoms with Gasteiger partial charge in [-0.1, -0.05) is 30.4 Å². The lowest BCUT2D eigenvalue weighted by Gasteiger charge is -1.99. The lowest BCUT2D eigenvalue weighted by molar-refractivity contribution is -0.113. The summed E-state index contributed by atoms with van der Waals surface area (Å²) in [7, 11) is 0. The summed E-state index contributed by atoms with van der Waals surface area (Å²) in [6.07, 6.45) is 1.01. The van der Waals surface area contributed by atoms with Crippen molar-refractivity contribution in [3.8, 4) is 0 Å². The van der Waals surface area contributed by atoms with Crippen molar-refractivity contribution in [3.05, 3.63) is 41.3 Å². The van der Waals surface area contributed by atoms with E-state index in [1.807, 2.05) is 23.6 Å². The molecule has 3 rings (SSSR count). The van der Waals surface area contributed by atoms with Crippen LogP contribution < -0.4 is 5.32 Å². The fourth-order valence-electron chi connectivity index (χ4n) is 1.88. The maximum Gasteiger partial charge on any atom is 0.236 e. The van der Waals surface area contributed by atoms with Crippen LogP contribution in [0.25, 0.3) is 10.2 Å². The summed E-state index contributed by atoms with van der Waals surface area (Å²) in [5, 5.41) is 5.57. The maximum absolute atomic E-state index is 11.9. The highest BCUT2D eigenvalue weighted by Crippen LogP contribution is 2.28. The molecule has 0 bridgehead atoms. The van der Waals surface area contributed by atoms with Gasteiger partial charge in [0.1, 0.15) is 0 Å². The number of nitrogens with one attached hydrogen (secondary N) is 1. The van der Waals surface area contributed by atoms with Crippen molar-refractivity contribution < 1.29 is 4.79 Å². The molecule has 0 radical (unpaired) electrons. The second kappa shape index (κ2) is 6.60. The first-order chi connectivity index (χ1) is 10.2. The van der Waals surface area contributed by atoms with Crippen LogP contribution >= 0.6 is 34.4 Å². The highest BCUT2D eigenvalue weighted by Gasteiger charge is 2.09. The fraction of sp³-hybridized carbons (Fsp3) is 0.200. The Labute approximate surface area is 135 Å². The van der Waals surface area contributed by atoms with Crippen LogP contribution in [0.5, 0.6) is 0 Å². The third kappa shape index (κ3) is 3.64. The van der Waals surface area contributed by atoms with Crippen LogP contribution in [-0.2, 0) is 11.2 Å². The Bertz CT molecular complexity index is 749. The maximum atomic E-state index is 11.9. The number of thiophene rings is 1. The zero-order valence-corrected chi connectivity index (χ0v) is 13.9. The van der Waals surface area contributed by atoms with Crippen molar-refractivity contribution >= 4 is 55.7 Å². The molecule has 0 spiro atoms. The Balaban J connectivity index is 1.65. The average molecular weight is 334 g/mol. The number of fused-ring (bicyclic) bond motifs is 1. The number of hydrogen-bond donors (Lipinski definition) is 1. The molecule has 0 aliphatic heterocycles. The highest BCUT2D eigenvalue weighted by atomic mass is 32.2. The van der Waals surface area contributed by atoms with Crippen LogP contribution in [0.3, 0.4) is 0 Å². The van der Waals surface area contributed by atoms with Crippen molar-refractivity contribution in [2.24, 2.45) is 0 Å². The summed E-state index contributed by atoms with van der Waals surface area (Å²) in [5.41, 5.74) is 2.23. The van der Waals surface area contributed by atoms with Crippen molar-refractivity contribution in [1.82, 2.24) is 4.98 Å². The fourth-order valence-corrected chi connectivity index (χ4v) is 4.41. The molecule has 1 N–H and O–H groups in total. The van der Waals surface area contributed by atoms with Gasteiger partial charge in [0.2, 0.25) is 5.91 Å². The van der Waals surface area contributed by atoms with Crippen LogP contribution in [0, 0.1) is 0 Å². The van der Waals surface area contributed by atoms with E-state index in [1.54, 1.807) is 23.1 Å². The lowest BCUT2D eigenvalue weighted by atomic mass is 10.2. The second-order valence-corrected chi connectivity index (χ2v) is 7.70. The van der Waals surface area contributed by atoms with Gasteiger partial charge in [0.15, 0.2) is 5.13 Å². The molecule has 1 aromatic carbocycles. The third-order valence-corrected chi connectivity index (χ3v) is 6.01. The molecule has 3 aromatic rings. The minimum Gasteiger partial charge on any atom is -0.301 e. The quantitative estimate of drug-likeness (QED) is 0.691. The zero-order valence-electron chi connectivity index (χ0n) is 11.5. The van der Waals surface area contributed by atoms with Crippen LogP contribution in [0.2, 0.25) is 0 Å². The predicted octanol–water partition coefficient (Wildman–Crippen LogP) is 4.65. The standard InChI is InChI=1S/C15H14N2OS3/c1-2-10-5-6-11-12(8-10)21-15(16-11)17-13(18)9-20-14-4-3-7-19-14/h3-8H,2,9H2,1H3,(H,16,17,18). The highest BCUT2D eigenvalue weighted by molar-refractivity contribution is 8.01. The average Bonchev–Trinajstić information content (AvgIpc) is 3.13. The van der Waals surface area contributed by atoms with Crippen LogP contribution in [-0.4, -0.2) is 16.6 Å². The monoisotopic (exact) mass is 334 g/mol. The van der Waals surface area contributed by atoms with E-state index in [1.165, 1.54) is 16.9 Å². The van der Waals surface area contributed by atoms with Gasteiger partial charge in [0.05, 0.1) is 20.2 Å². The summed E-state index contributed by atoms with van der Waals surface area (Å²) in [5.74, 6) is 0.402. The molecule has 1 amide bonds. The number of anilines is 1. The minimum absolute atomic E-state index is 0.0110. The van der Waals surface area contributed by atoms with Gasteiger partial charge in [-0.2, -0.15) is 0 Å². The number of thiazole rings is 1. The first-order valence-electron chi connectivity index (χ1n) is 6.60. The van der Waals surface area contributed by atoms with Gasteiger partial charge in [-0.15, -0.1) is 23.1 Å².